The van der Waals surface area contributed by atoms with Crippen LogP contribution < -0.4 is 0 Å². The van der Waals surface area contributed by atoms with Crippen LogP contribution in [0, 0.1) is 5.92 Å². The van der Waals surface area contributed by atoms with Crippen LogP contribution in [0.5, 0.6) is 0 Å². The Bertz CT molecular complexity index is 1200. The quantitative estimate of drug-likeness (QED) is 0.184. The third kappa shape index (κ3) is 10.5. The summed E-state index contributed by atoms with van der Waals surface area (Å²) in [5, 5.41) is 22.1. The zero-order chi connectivity index (χ0) is 33.1. The van der Waals surface area contributed by atoms with E-state index in [4.69, 9.17) is 9.47 Å². The number of hydrogen-bond donors (Lipinski definition) is 2. The van der Waals surface area contributed by atoms with Crippen LogP contribution in [0.25, 0.3) is 0 Å². The molecule has 1 amide bonds. The number of cyclic esters (lactones) is 1. The standard InChI is InChI=1S/C36H54N4O6/c1-26(31-25-37-18-19-38-31)10-9-11-27(2)34-28(3)14-15-32(36(4,44)17-16-30(41)24-33(42)46-34)45-35(43)40-22-20-39(21-23-40)29-12-7-5-6-8-13-29/h9-11,14-15,18-19,25-26,28-30,32,34,41,44H,5-8,12-13,16-17,20-24H2,1-4H3/b10-9+,15-14-,27-11+/t26?,28-,30+,32-,34+,36+/m0/s1. The number of aromatic nitrogens is 2. The lowest BCUT2D eigenvalue weighted by molar-refractivity contribution is -0.151. The summed E-state index contributed by atoms with van der Waals surface area (Å²) in [4.78, 5) is 39.0. The number of carbonyl (C=O) groups excluding carboxylic acids is 2. The molecular formula is C36H54N4O6. The van der Waals surface area contributed by atoms with Gasteiger partial charge in [-0.2, -0.15) is 0 Å². The predicted molar refractivity (Wildman–Crippen MR) is 177 cm³/mol. The number of aliphatic hydroxyl groups is 2. The van der Waals surface area contributed by atoms with E-state index in [1.54, 1.807) is 36.5 Å². The lowest BCUT2D eigenvalue weighted by Gasteiger charge is -2.40. The monoisotopic (exact) mass is 638 g/mol. The number of rotatable bonds is 6. The molecule has 2 fully saturated rings. The zero-order valence-electron chi connectivity index (χ0n) is 28.1. The molecule has 1 aromatic heterocycles. The van der Waals surface area contributed by atoms with Crippen LogP contribution >= 0.6 is 0 Å². The number of piperazine rings is 1. The van der Waals surface area contributed by atoms with Crippen LogP contribution in [0.4, 0.5) is 4.79 Å². The third-order valence-electron chi connectivity index (χ3n) is 9.72. The number of hydrogen-bond acceptors (Lipinski definition) is 9. The Morgan fingerprint density at radius 1 is 1.11 bits per heavy atom. The van der Waals surface area contributed by atoms with E-state index in [2.05, 4.69) is 14.9 Å². The van der Waals surface area contributed by atoms with E-state index in [0.717, 1.165) is 24.4 Å². The van der Waals surface area contributed by atoms with Gasteiger partial charge in [-0.05, 0) is 51.2 Å². The number of amides is 1. The predicted octanol–water partition coefficient (Wildman–Crippen LogP) is 5.33. The molecule has 46 heavy (non-hydrogen) atoms. The summed E-state index contributed by atoms with van der Waals surface area (Å²) in [6.07, 6.45) is 19.1. The molecule has 0 bridgehead atoms. The van der Waals surface area contributed by atoms with Gasteiger partial charge in [-0.15, -0.1) is 0 Å². The minimum atomic E-state index is -1.45. The highest BCUT2D eigenvalue weighted by atomic mass is 16.6. The maximum Gasteiger partial charge on any atom is 0.410 e. The summed E-state index contributed by atoms with van der Waals surface area (Å²) >= 11 is 0. The molecule has 2 aliphatic heterocycles. The van der Waals surface area contributed by atoms with Gasteiger partial charge < -0.3 is 24.6 Å². The third-order valence-corrected chi connectivity index (χ3v) is 9.72. The number of allylic oxidation sites excluding steroid dienone is 3. The van der Waals surface area contributed by atoms with E-state index in [9.17, 15) is 19.8 Å². The van der Waals surface area contributed by atoms with E-state index >= 15 is 0 Å². The van der Waals surface area contributed by atoms with E-state index in [1.807, 2.05) is 45.1 Å². The Kier molecular flexibility index (Phi) is 13.4. The SMILES string of the molecule is C/C(=C\C=C\C(C)c1cnccn1)[C@H]1OC(=O)C[C@H](O)CC[C@@](C)(O)[C@@H](OC(=O)N2CCN(C3CCCCCC3)CC2)/C=C\[C@@H]1C. The maximum absolute atomic E-state index is 13.4. The van der Waals surface area contributed by atoms with Gasteiger partial charge >= 0.3 is 12.1 Å². The first-order valence-corrected chi connectivity index (χ1v) is 17.1. The molecule has 10 nitrogen and oxygen atoms in total. The summed E-state index contributed by atoms with van der Waals surface area (Å²) in [6, 6.07) is 0.597. The van der Waals surface area contributed by atoms with Gasteiger partial charge in [0, 0.05) is 62.6 Å². The lowest BCUT2D eigenvalue weighted by atomic mass is 9.88. The highest BCUT2D eigenvalue weighted by molar-refractivity contribution is 5.70. The number of esters is 1. The second-order valence-corrected chi connectivity index (χ2v) is 13.6. The second-order valence-electron chi connectivity index (χ2n) is 13.6. The van der Waals surface area contributed by atoms with Gasteiger partial charge in [-0.1, -0.05) is 63.8 Å². The maximum atomic E-state index is 13.4. The fourth-order valence-corrected chi connectivity index (χ4v) is 6.64. The van der Waals surface area contributed by atoms with Crippen molar-refractivity contribution < 1.29 is 29.3 Å². The first-order chi connectivity index (χ1) is 22.0. The number of ether oxygens (including phenoxy) is 2. The molecule has 10 heteroatoms. The van der Waals surface area contributed by atoms with Crippen molar-refractivity contribution in [2.24, 2.45) is 5.92 Å². The Balaban J connectivity index is 1.45. The van der Waals surface area contributed by atoms with Crippen LogP contribution in [0.1, 0.15) is 97.1 Å². The fourth-order valence-electron chi connectivity index (χ4n) is 6.64. The number of aliphatic hydroxyl groups excluding tert-OH is 1. The van der Waals surface area contributed by atoms with E-state index in [0.29, 0.717) is 19.1 Å². The van der Waals surface area contributed by atoms with E-state index in [-0.39, 0.29) is 31.1 Å². The lowest BCUT2D eigenvalue weighted by Crippen LogP contribution is -2.53. The summed E-state index contributed by atoms with van der Waals surface area (Å²) in [5.41, 5.74) is 0.214. The molecule has 4 rings (SSSR count). The Morgan fingerprint density at radius 2 is 1.83 bits per heavy atom. The molecular weight excluding hydrogens is 584 g/mol. The van der Waals surface area contributed by atoms with Gasteiger partial charge in [0.25, 0.3) is 0 Å². The summed E-state index contributed by atoms with van der Waals surface area (Å²) < 4.78 is 11.9. The molecule has 0 spiro atoms. The van der Waals surface area contributed by atoms with E-state index in [1.165, 1.54) is 38.5 Å². The molecule has 0 aromatic carbocycles. The molecule has 2 N–H and O–H groups in total. The molecule has 1 aliphatic carbocycles. The van der Waals surface area contributed by atoms with Gasteiger partial charge in [-0.25, -0.2) is 4.79 Å². The van der Waals surface area contributed by atoms with Crippen LogP contribution in [0.2, 0.25) is 0 Å². The van der Waals surface area contributed by atoms with Crippen LogP contribution in [0.3, 0.4) is 0 Å². The highest BCUT2D eigenvalue weighted by Crippen LogP contribution is 2.28. The smallest absolute Gasteiger partial charge is 0.410 e. The first-order valence-electron chi connectivity index (χ1n) is 17.1. The average Bonchev–Trinajstić information content (AvgIpc) is 3.34. The van der Waals surface area contributed by atoms with Crippen molar-refractivity contribution in [2.75, 3.05) is 26.2 Å². The van der Waals surface area contributed by atoms with Crippen molar-refractivity contribution >= 4 is 12.1 Å². The van der Waals surface area contributed by atoms with Gasteiger partial charge in [0.2, 0.25) is 0 Å². The molecule has 0 radical (unpaired) electrons. The molecule has 3 aliphatic rings. The van der Waals surface area contributed by atoms with Gasteiger partial charge in [0.05, 0.1) is 18.2 Å². The van der Waals surface area contributed by atoms with E-state index < -0.39 is 36.0 Å². The summed E-state index contributed by atoms with van der Waals surface area (Å²) in [7, 11) is 0. The Hall–Kier alpha value is -3.08. The Morgan fingerprint density at radius 3 is 2.50 bits per heavy atom. The number of carbonyl (C=O) groups is 2. The fraction of sp³-hybridized carbons (Fsp3) is 0.667. The molecule has 1 aromatic rings. The van der Waals surface area contributed by atoms with Gasteiger partial charge in [-0.3, -0.25) is 19.7 Å². The molecule has 1 saturated heterocycles. The van der Waals surface area contributed by atoms with Crippen LogP contribution in [-0.2, 0) is 14.3 Å². The highest BCUT2D eigenvalue weighted by Gasteiger charge is 2.37. The average molecular weight is 639 g/mol. The largest absolute Gasteiger partial charge is 0.457 e. The van der Waals surface area contributed by atoms with Crippen LogP contribution in [-0.4, -0.2) is 98.2 Å². The second kappa shape index (κ2) is 17.2. The van der Waals surface area contributed by atoms with Gasteiger partial charge in [0.1, 0.15) is 11.7 Å². The summed E-state index contributed by atoms with van der Waals surface area (Å²) in [6.45, 7) is 10.3. The van der Waals surface area contributed by atoms with Crippen molar-refractivity contribution in [1.82, 2.24) is 19.8 Å². The van der Waals surface area contributed by atoms with Crippen molar-refractivity contribution in [3.8, 4) is 0 Å². The molecule has 1 saturated carbocycles. The van der Waals surface area contributed by atoms with Crippen molar-refractivity contribution in [2.45, 2.75) is 121 Å². The van der Waals surface area contributed by atoms with Crippen molar-refractivity contribution in [1.29, 1.82) is 0 Å². The van der Waals surface area contributed by atoms with Gasteiger partial charge in [0.15, 0.2) is 6.10 Å². The molecule has 1 unspecified atom stereocenters. The number of nitrogens with zero attached hydrogens (tertiary/aromatic N) is 4. The topological polar surface area (TPSA) is 125 Å². The summed E-state index contributed by atoms with van der Waals surface area (Å²) in [5.74, 6) is -0.766. The van der Waals surface area contributed by atoms with Crippen molar-refractivity contribution in [3.63, 3.8) is 0 Å². The minimum Gasteiger partial charge on any atom is -0.457 e. The molecule has 3 heterocycles. The minimum absolute atomic E-state index is 0.0431. The normalized spacial score (nSPS) is 31.3. The Labute approximate surface area is 274 Å². The van der Waals surface area contributed by atoms with Crippen LogP contribution in [0.15, 0.2) is 54.5 Å². The molecule has 6 atom stereocenters. The molecule has 254 valence electrons. The zero-order valence-corrected chi connectivity index (χ0v) is 28.1. The van der Waals surface area contributed by atoms with Crippen molar-refractivity contribution in [3.05, 3.63) is 60.2 Å². The first kappa shape index (κ1) is 35.8.